The number of aryl methyl sites for hydroxylation is 1. The number of carbonyl (C=O) groups excluding carboxylic acids is 2. The summed E-state index contributed by atoms with van der Waals surface area (Å²) >= 11 is 1.57. The lowest BCUT2D eigenvalue weighted by atomic mass is 9.73. The predicted molar refractivity (Wildman–Crippen MR) is 136 cm³/mol. The molecule has 0 aromatic carbocycles. The molecule has 6 atom stereocenters. The van der Waals surface area contributed by atoms with Gasteiger partial charge in [0.25, 0.3) is 0 Å². The Bertz CT molecular complexity index is 903. The van der Waals surface area contributed by atoms with E-state index in [1.54, 1.807) is 32.1 Å². The van der Waals surface area contributed by atoms with Crippen LogP contribution in [0.1, 0.15) is 77.9 Å². The number of cyclic esters (lactones) is 1. The van der Waals surface area contributed by atoms with Crippen molar-refractivity contribution >= 4 is 29.2 Å². The highest BCUT2D eigenvalue weighted by Crippen LogP contribution is 2.32. The highest BCUT2D eigenvalue weighted by molar-refractivity contribution is 7.09. The molecule has 1 aromatic heterocycles. The minimum atomic E-state index is -1.21. The monoisotopic (exact) mass is 491 g/mol. The molecule has 1 aliphatic heterocycles. The molecule has 1 unspecified atom stereocenters. The summed E-state index contributed by atoms with van der Waals surface area (Å²) in [5.74, 6) is -1.31. The van der Waals surface area contributed by atoms with Crippen LogP contribution in [0.25, 0.3) is 6.08 Å². The maximum Gasteiger partial charge on any atom is 0.309 e. The first-order valence-corrected chi connectivity index (χ1v) is 13.1. The van der Waals surface area contributed by atoms with Crippen LogP contribution >= 0.6 is 11.3 Å². The van der Waals surface area contributed by atoms with E-state index in [4.69, 9.17) is 4.74 Å². The van der Waals surface area contributed by atoms with E-state index in [-0.39, 0.29) is 24.0 Å². The van der Waals surface area contributed by atoms with Crippen molar-refractivity contribution in [2.24, 2.45) is 23.2 Å². The summed E-state index contributed by atoms with van der Waals surface area (Å²) < 4.78 is 5.83. The summed E-state index contributed by atoms with van der Waals surface area (Å²) in [4.78, 5) is 30.5. The van der Waals surface area contributed by atoms with Crippen molar-refractivity contribution in [1.82, 2.24) is 4.98 Å². The first kappa shape index (κ1) is 28.4. The lowest BCUT2D eigenvalue weighted by Crippen LogP contribution is -2.45. The van der Waals surface area contributed by atoms with Gasteiger partial charge in [0.1, 0.15) is 11.9 Å². The van der Waals surface area contributed by atoms with Gasteiger partial charge in [0, 0.05) is 11.3 Å². The zero-order valence-electron chi connectivity index (χ0n) is 21.6. The average molecular weight is 492 g/mol. The second kappa shape index (κ2) is 12.2. The fourth-order valence-corrected chi connectivity index (χ4v) is 4.92. The van der Waals surface area contributed by atoms with E-state index in [1.807, 2.05) is 32.2 Å². The highest BCUT2D eigenvalue weighted by Gasteiger charge is 2.42. The number of esters is 1. The van der Waals surface area contributed by atoms with Crippen LogP contribution in [-0.4, -0.2) is 45.3 Å². The Morgan fingerprint density at radius 2 is 1.88 bits per heavy atom. The number of carbonyl (C=O) groups is 2. The van der Waals surface area contributed by atoms with E-state index in [0.29, 0.717) is 12.8 Å². The molecule has 0 amide bonds. The van der Waals surface area contributed by atoms with Gasteiger partial charge in [0.05, 0.1) is 34.7 Å². The molecule has 0 fully saturated rings. The zero-order chi connectivity index (χ0) is 25.6. The molecule has 1 aromatic rings. The van der Waals surface area contributed by atoms with Crippen LogP contribution in [0, 0.1) is 30.1 Å². The first-order valence-electron chi connectivity index (χ1n) is 12.2. The van der Waals surface area contributed by atoms with E-state index in [1.165, 1.54) is 0 Å². The molecule has 0 saturated heterocycles. The number of hydrogen-bond acceptors (Lipinski definition) is 7. The second-order valence-electron chi connectivity index (χ2n) is 10.4. The third kappa shape index (κ3) is 7.59. The van der Waals surface area contributed by atoms with E-state index in [0.717, 1.165) is 22.7 Å². The van der Waals surface area contributed by atoms with Crippen molar-refractivity contribution in [2.75, 3.05) is 0 Å². The Labute approximate surface area is 208 Å². The Morgan fingerprint density at radius 3 is 2.50 bits per heavy atom. The minimum Gasteiger partial charge on any atom is -0.458 e. The number of rotatable bonds is 2. The number of aliphatic hydroxyl groups excluding tert-OH is 2. The van der Waals surface area contributed by atoms with Crippen molar-refractivity contribution in [1.29, 1.82) is 0 Å². The molecule has 6 nitrogen and oxygen atoms in total. The SMILES string of the molecule is C/C(=C\c1csc(C)n1)[C@@H]1CCC(C)/C=C/C[C@H](C)[C@H](O)[C@@H](C)C(=O)C(C)(C)[C@@H](O)CC(=O)O1. The number of aliphatic hydroxyl groups is 2. The first-order chi connectivity index (χ1) is 15.8. The molecule has 34 heavy (non-hydrogen) atoms. The van der Waals surface area contributed by atoms with Gasteiger partial charge >= 0.3 is 5.97 Å². The zero-order valence-corrected chi connectivity index (χ0v) is 22.4. The van der Waals surface area contributed by atoms with Gasteiger partial charge in [0.15, 0.2) is 0 Å². The molecule has 0 aliphatic carbocycles. The fourth-order valence-electron chi connectivity index (χ4n) is 4.35. The van der Waals surface area contributed by atoms with Crippen molar-refractivity contribution in [3.63, 3.8) is 0 Å². The molecule has 1 aliphatic rings. The topological polar surface area (TPSA) is 96.7 Å². The Balaban J connectivity index is 2.32. The van der Waals surface area contributed by atoms with Crippen LogP contribution in [0.2, 0.25) is 0 Å². The predicted octanol–water partition coefficient (Wildman–Crippen LogP) is 5.12. The van der Waals surface area contributed by atoms with E-state index in [2.05, 4.69) is 24.1 Å². The Morgan fingerprint density at radius 1 is 1.21 bits per heavy atom. The van der Waals surface area contributed by atoms with Gasteiger partial charge in [-0.3, -0.25) is 9.59 Å². The van der Waals surface area contributed by atoms with Crippen LogP contribution in [0.3, 0.4) is 0 Å². The van der Waals surface area contributed by atoms with E-state index < -0.39 is 35.6 Å². The van der Waals surface area contributed by atoms with Gasteiger partial charge in [-0.05, 0) is 56.6 Å². The Hall–Kier alpha value is -1.83. The highest BCUT2D eigenvalue weighted by atomic mass is 32.1. The molecule has 0 radical (unpaired) electrons. The van der Waals surface area contributed by atoms with E-state index >= 15 is 0 Å². The summed E-state index contributed by atoms with van der Waals surface area (Å²) in [6, 6.07) is 0. The van der Waals surface area contributed by atoms with Crippen molar-refractivity contribution in [3.8, 4) is 0 Å². The molecule has 0 bridgehead atoms. The lowest BCUT2D eigenvalue weighted by Gasteiger charge is -2.34. The summed E-state index contributed by atoms with van der Waals surface area (Å²) in [6.07, 6.45) is 5.46. The van der Waals surface area contributed by atoms with Crippen molar-refractivity contribution < 1.29 is 24.5 Å². The normalized spacial score (nSPS) is 33.4. The van der Waals surface area contributed by atoms with Crippen LogP contribution in [0.15, 0.2) is 23.1 Å². The summed E-state index contributed by atoms with van der Waals surface area (Å²) in [7, 11) is 0. The van der Waals surface area contributed by atoms with Crippen LogP contribution in [0.5, 0.6) is 0 Å². The minimum absolute atomic E-state index is 0.104. The van der Waals surface area contributed by atoms with Gasteiger partial charge in [-0.25, -0.2) is 4.98 Å². The molecular formula is C27H41NO5S. The van der Waals surface area contributed by atoms with Gasteiger partial charge in [-0.15, -0.1) is 11.3 Å². The Kier molecular flexibility index (Phi) is 10.2. The number of thiazole rings is 1. The maximum atomic E-state index is 13.2. The summed E-state index contributed by atoms with van der Waals surface area (Å²) in [6.45, 7) is 12.9. The van der Waals surface area contributed by atoms with Gasteiger partial charge in [-0.1, -0.05) is 46.8 Å². The molecule has 2 heterocycles. The van der Waals surface area contributed by atoms with Gasteiger partial charge in [-0.2, -0.15) is 0 Å². The number of Topliss-reactive ketones (excluding diaryl/α,β-unsaturated/α-hetero) is 1. The van der Waals surface area contributed by atoms with Crippen molar-refractivity contribution in [2.45, 2.75) is 92.5 Å². The van der Waals surface area contributed by atoms with Crippen molar-refractivity contribution in [3.05, 3.63) is 33.8 Å². The molecule has 2 rings (SSSR count). The maximum absolute atomic E-state index is 13.2. The largest absolute Gasteiger partial charge is 0.458 e. The number of allylic oxidation sites excluding steroid dienone is 2. The molecular weight excluding hydrogens is 450 g/mol. The summed E-state index contributed by atoms with van der Waals surface area (Å²) in [5, 5.41) is 24.5. The molecule has 0 saturated carbocycles. The number of ether oxygens (including phenoxy) is 1. The second-order valence-corrected chi connectivity index (χ2v) is 11.5. The number of nitrogens with zero attached hydrogens (tertiary/aromatic N) is 1. The lowest BCUT2D eigenvalue weighted by molar-refractivity contribution is -0.154. The molecule has 190 valence electrons. The third-order valence-electron chi connectivity index (χ3n) is 6.99. The number of aromatic nitrogens is 1. The molecule has 2 N–H and O–H groups in total. The van der Waals surface area contributed by atoms with Crippen LogP contribution in [0.4, 0.5) is 0 Å². The smallest absolute Gasteiger partial charge is 0.309 e. The van der Waals surface area contributed by atoms with Crippen LogP contribution < -0.4 is 0 Å². The quantitative estimate of drug-likeness (QED) is 0.440. The van der Waals surface area contributed by atoms with Gasteiger partial charge in [0.2, 0.25) is 0 Å². The number of ketones is 1. The van der Waals surface area contributed by atoms with E-state index in [9.17, 15) is 19.8 Å². The summed E-state index contributed by atoms with van der Waals surface area (Å²) in [5.41, 5.74) is 0.537. The van der Waals surface area contributed by atoms with Crippen LogP contribution in [-0.2, 0) is 14.3 Å². The third-order valence-corrected chi connectivity index (χ3v) is 7.78. The fraction of sp³-hybridized carbons (Fsp3) is 0.667. The van der Waals surface area contributed by atoms with Gasteiger partial charge < -0.3 is 14.9 Å². The molecule has 7 heteroatoms. The molecule has 0 spiro atoms. The standard InChI is InChI=1S/C27H41NO5S/c1-16-9-8-10-17(2)25(31)19(4)26(32)27(6,7)23(29)14-24(30)33-22(12-11-16)18(3)13-21-15-34-20(5)28-21/h8-9,13,15-17,19,22-23,25,29,31H,10-12,14H2,1-7H3/b9-8+,18-13+/t16?,17-,19+,22-,23-,25-/m0/s1. The number of hydrogen-bond donors (Lipinski definition) is 2. The average Bonchev–Trinajstić information content (AvgIpc) is 3.18.